The molecule has 0 aliphatic heterocycles. The Balaban J connectivity index is 4.78. The van der Waals surface area contributed by atoms with E-state index in [1.165, 1.54) is 11.1 Å². The van der Waals surface area contributed by atoms with Crippen LogP contribution in [0.25, 0.3) is 0 Å². The highest BCUT2D eigenvalue weighted by atomic mass is 14.7. The van der Waals surface area contributed by atoms with Gasteiger partial charge in [0.15, 0.2) is 0 Å². The average molecular weight is 151 g/mol. The van der Waals surface area contributed by atoms with Crippen molar-refractivity contribution >= 4 is 5.71 Å². The minimum atomic E-state index is 1.02. The molecule has 11 heavy (non-hydrogen) atoms. The Hall–Kier alpha value is -0.850. The molecule has 0 aromatic rings. The molecule has 0 fully saturated rings. The number of aliphatic imine (C=N–C) groups is 1. The van der Waals surface area contributed by atoms with Crippen molar-refractivity contribution in [2.24, 2.45) is 4.99 Å². The van der Waals surface area contributed by atoms with Gasteiger partial charge < -0.3 is 0 Å². The van der Waals surface area contributed by atoms with Gasteiger partial charge in [0.2, 0.25) is 0 Å². The van der Waals surface area contributed by atoms with Gasteiger partial charge in [-0.2, -0.15) is 0 Å². The third kappa shape index (κ3) is 2.71. The second kappa shape index (κ2) is 4.89. The first-order valence-corrected chi connectivity index (χ1v) is 3.93. The molecule has 0 aromatic carbocycles. The Morgan fingerprint density at radius 1 is 1.45 bits per heavy atom. The summed E-state index contributed by atoms with van der Waals surface area (Å²) in [5.74, 6) is 0. The minimum Gasteiger partial charge on any atom is -0.288 e. The fraction of sp³-hybridized carbons (Fsp3) is 0.500. The third-order valence-electron chi connectivity index (χ3n) is 1.70. The van der Waals surface area contributed by atoms with Crippen molar-refractivity contribution in [3.05, 3.63) is 23.8 Å². The van der Waals surface area contributed by atoms with Gasteiger partial charge in [-0.05, 0) is 31.9 Å². The molecule has 0 aromatic heterocycles. The average Bonchev–Trinajstić information content (AvgIpc) is 1.99. The summed E-state index contributed by atoms with van der Waals surface area (Å²) in [7, 11) is 1.80. The Morgan fingerprint density at radius 2 is 2.00 bits per heavy atom. The normalized spacial score (nSPS) is 11.1. The maximum absolute atomic E-state index is 4.14. The van der Waals surface area contributed by atoms with E-state index in [0.29, 0.717) is 0 Å². The smallest absolute Gasteiger partial charge is 0.0596 e. The Morgan fingerprint density at radius 3 is 2.09 bits per heavy atom. The van der Waals surface area contributed by atoms with Gasteiger partial charge >= 0.3 is 0 Å². The highest BCUT2D eigenvalue weighted by Gasteiger charge is 2.00. The van der Waals surface area contributed by atoms with E-state index >= 15 is 0 Å². The molecule has 1 heteroatoms. The summed E-state index contributed by atoms with van der Waals surface area (Å²) in [4.78, 5) is 4.14. The second-order valence-corrected chi connectivity index (χ2v) is 2.65. The van der Waals surface area contributed by atoms with Crippen LogP contribution in [0.2, 0.25) is 0 Å². The topological polar surface area (TPSA) is 12.4 Å². The number of hydrogen-bond acceptors (Lipinski definition) is 1. The fourth-order valence-corrected chi connectivity index (χ4v) is 1.14. The Labute approximate surface area is 69.5 Å². The predicted molar refractivity (Wildman–Crippen MR) is 52.2 cm³/mol. The Bertz CT molecular complexity index is 193. The quantitative estimate of drug-likeness (QED) is 0.550. The largest absolute Gasteiger partial charge is 0.288 e. The molecule has 0 N–H and O–H groups in total. The lowest BCUT2D eigenvalue weighted by molar-refractivity contribution is 1.12. The van der Waals surface area contributed by atoms with E-state index in [0.717, 1.165) is 12.1 Å². The maximum Gasteiger partial charge on any atom is 0.0596 e. The summed E-state index contributed by atoms with van der Waals surface area (Å²) < 4.78 is 0. The summed E-state index contributed by atoms with van der Waals surface area (Å²) in [6, 6.07) is 0. The lowest BCUT2D eigenvalue weighted by atomic mass is 10.0. The van der Waals surface area contributed by atoms with Crippen molar-refractivity contribution in [2.75, 3.05) is 7.05 Å². The minimum absolute atomic E-state index is 1.02. The summed E-state index contributed by atoms with van der Waals surface area (Å²) in [5.41, 5.74) is 3.66. The molecule has 0 saturated carbocycles. The number of nitrogens with zero attached hydrogens (tertiary/aromatic N) is 1. The van der Waals surface area contributed by atoms with Crippen LogP contribution in [0, 0.1) is 0 Å². The standard InChI is InChI=1S/C10H17N/c1-6-9(8(3)4)10(7-2)11-5/h7H,2,6H2,1,3-5H3. The highest BCUT2D eigenvalue weighted by molar-refractivity contribution is 6.08. The molecule has 0 rings (SSSR count). The summed E-state index contributed by atoms with van der Waals surface area (Å²) in [6.07, 6.45) is 2.84. The predicted octanol–water partition coefficient (Wildman–Crippen LogP) is 2.99. The lowest BCUT2D eigenvalue weighted by Crippen LogP contribution is -1.99. The zero-order valence-corrected chi connectivity index (χ0v) is 7.94. The van der Waals surface area contributed by atoms with Crippen LogP contribution >= 0.6 is 0 Å². The molecular formula is C10H17N. The van der Waals surface area contributed by atoms with Crippen molar-refractivity contribution in [1.29, 1.82) is 0 Å². The second-order valence-electron chi connectivity index (χ2n) is 2.65. The molecule has 0 heterocycles. The first-order valence-electron chi connectivity index (χ1n) is 3.93. The molecule has 0 atom stereocenters. The number of allylic oxidation sites excluding steroid dienone is 3. The van der Waals surface area contributed by atoms with Gasteiger partial charge in [0.25, 0.3) is 0 Å². The van der Waals surface area contributed by atoms with E-state index in [-0.39, 0.29) is 0 Å². The molecule has 0 saturated heterocycles. The van der Waals surface area contributed by atoms with Crippen LogP contribution in [0.15, 0.2) is 28.8 Å². The molecule has 0 aliphatic carbocycles. The maximum atomic E-state index is 4.14. The van der Waals surface area contributed by atoms with Gasteiger partial charge in [-0.1, -0.05) is 19.1 Å². The summed E-state index contributed by atoms with van der Waals surface area (Å²) in [6.45, 7) is 10.1. The van der Waals surface area contributed by atoms with Gasteiger partial charge in [0.1, 0.15) is 0 Å². The van der Waals surface area contributed by atoms with E-state index in [1.807, 2.05) is 6.08 Å². The van der Waals surface area contributed by atoms with Crippen molar-refractivity contribution < 1.29 is 0 Å². The summed E-state index contributed by atoms with van der Waals surface area (Å²) >= 11 is 0. The molecule has 0 amide bonds. The lowest BCUT2D eigenvalue weighted by Gasteiger charge is -2.05. The van der Waals surface area contributed by atoms with Gasteiger partial charge in [0, 0.05) is 7.05 Å². The van der Waals surface area contributed by atoms with Crippen molar-refractivity contribution in [2.45, 2.75) is 27.2 Å². The van der Waals surface area contributed by atoms with Crippen LogP contribution < -0.4 is 0 Å². The van der Waals surface area contributed by atoms with Crippen molar-refractivity contribution in [1.82, 2.24) is 0 Å². The van der Waals surface area contributed by atoms with Gasteiger partial charge in [0.05, 0.1) is 5.71 Å². The molecular weight excluding hydrogens is 134 g/mol. The van der Waals surface area contributed by atoms with Crippen LogP contribution in [0.1, 0.15) is 27.2 Å². The van der Waals surface area contributed by atoms with Crippen LogP contribution in [-0.4, -0.2) is 12.8 Å². The van der Waals surface area contributed by atoms with Crippen LogP contribution in [0.4, 0.5) is 0 Å². The monoisotopic (exact) mass is 151 g/mol. The highest BCUT2D eigenvalue weighted by Crippen LogP contribution is 2.10. The van der Waals surface area contributed by atoms with Crippen LogP contribution in [0.5, 0.6) is 0 Å². The van der Waals surface area contributed by atoms with E-state index in [9.17, 15) is 0 Å². The Kier molecular flexibility index (Phi) is 4.51. The van der Waals surface area contributed by atoms with E-state index < -0.39 is 0 Å². The molecule has 1 nitrogen and oxygen atoms in total. The molecule has 0 radical (unpaired) electrons. The zero-order valence-electron chi connectivity index (χ0n) is 7.94. The van der Waals surface area contributed by atoms with E-state index in [1.54, 1.807) is 7.05 Å². The first kappa shape index (κ1) is 10.2. The van der Waals surface area contributed by atoms with Gasteiger partial charge in [-0.25, -0.2) is 0 Å². The third-order valence-corrected chi connectivity index (χ3v) is 1.70. The molecule has 62 valence electrons. The SMILES string of the molecule is C=CC(=NC)C(CC)=C(C)C. The zero-order chi connectivity index (χ0) is 8.85. The first-order chi connectivity index (χ1) is 5.17. The van der Waals surface area contributed by atoms with Crippen molar-refractivity contribution in [3.8, 4) is 0 Å². The van der Waals surface area contributed by atoms with Crippen LogP contribution in [-0.2, 0) is 0 Å². The molecule has 0 spiro atoms. The number of hydrogen-bond donors (Lipinski definition) is 0. The van der Waals surface area contributed by atoms with E-state index in [4.69, 9.17) is 0 Å². The van der Waals surface area contributed by atoms with Crippen LogP contribution in [0.3, 0.4) is 0 Å². The van der Waals surface area contributed by atoms with E-state index in [2.05, 4.69) is 32.3 Å². The molecule has 0 unspecified atom stereocenters. The molecule has 0 aliphatic rings. The van der Waals surface area contributed by atoms with Gasteiger partial charge in [-0.15, -0.1) is 0 Å². The number of rotatable bonds is 3. The molecule has 0 bridgehead atoms. The van der Waals surface area contributed by atoms with Gasteiger partial charge in [-0.3, -0.25) is 4.99 Å². The van der Waals surface area contributed by atoms with Crippen molar-refractivity contribution in [3.63, 3.8) is 0 Å². The summed E-state index contributed by atoms with van der Waals surface area (Å²) in [5, 5.41) is 0. The fourth-order valence-electron chi connectivity index (χ4n) is 1.14.